The molecular weight excluding hydrogens is 569 g/mol. The molecule has 2 amide bonds. The van der Waals surface area contributed by atoms with Crippen LogP contribution in [0.1, 0.15) is 56.6 Å². The van der Waals surface area contributed by atoms with Crippen LogP contribution < -0.4 is 9.62 Å². The summed E-state index contributed by atoms with van der Waals surface area (Å²) in [5.74, 6) is -0.535. The summed E-state index contributed by atoms with van der Waals surface area (Å²) in [4.78, 5) is 28.1. The second-order valence-corrected chi connectivity index (χ2v) is 12.9. The summed E-state index contributed by atoms with van der Waals surface area (Å²) >= 11 is 18.9. The molecule has 11 heteroatoms. The topological polar surface area (TPSA) is 86.8 Å². The van der Waals surface area contributed by atoms with Crippen LogP contribution in [0, 0.1) is 6.92 Å². The normalized spacial score (nSPS) is 14.8. The van der Waals surface area contributed by atoms with E-state index in [4.69, 9.17) is 34.8 Å². The molecule has 0 aromatic heterocycles. The monoisotopic (exact) mass is 601 g/mol. The number of amides is 2. The number of aryl methyl sites for hydroxylation is 1. The maximum absolute atomic E-state index is 13.5. The molecule has 1 N–H and O–H groups in total. The van der Waals surface area contributed by atoms with E-state index in [1.807, 2.05) is 0 Å². The van der Waals surface area contributed by atoms with Crippen molar-refractivity contribution < 1.29 is 18.0 Å². The first-order valence-electron chi connectivity index (χ1n) is 12.6. The molecule has 2 aromatic carbocycles. The van der Waals surface area contributed by atoms with Crippen molar-refractivity contribution in [2.45, 2.75) is 71.0 Å². The van der Waals surface area contributed by atoms with Crippen LogP contribution in [0.3, 0.4) is 0 Å². The van der Waals surface area contributed by atoms with Gasteiger partial charge in [0.1, 0.15) is 6.04 Å². The maximum Gasteiger partial charge on any atom is 0.242 e. The molecule has 1 aliphatic carbocycles. The number of hydrogen-bond acceptors (Lipinski definition) is 4. The van der Waals surface area contributed by atoms with E-state index in [1.54, 1.807) is 50.2 Å². The van der Waals surface area contributed by atoms with Gasteiger partial charge in [-0.3, -0.25) is 13.9 Å². The van der Waals surface area contributed by atoms with Crippen LogP contribution in [0.4, 0.5) is 5.69 Å². The Morgan fingerprint density at radius 1 is 1.08 bits per heavy atom. The van der Waals surface area contributed by atoms with Crippen LogP contribution in [-0.4, -0.2) is 50.0 Å². The van der Waals surface area contributed by atoms with Gasteiger partial charge in [0, 0.05) is 46.2 Å². The Kier molecular flexibility index (Phi) is 10.7. The fraction of sp³-hybridized carbons (Fsp3) is 0.481. The quantitative estimate of drug-likeness (QED) is 0.343. The zero-order chi connectivity index (χ0) is 28.0. The highest BCUT2D eigenvalue weighted by atomic mass is 35.5. The number of halogens is 3. The lowest BCUT2D eigenvalue weighted by Gasteiger charge is -2.31. The molecule has 1 fully saturated rings. The molecule has 1 atom stereocenters. The van der Waals surface area contributed by atoms with E-state index in [9.17, 15) is 18.0 Å². The van der Waals surface area contributed by atoms with E-state index in [1.165, 1.54) is 9.21 Å². The molecule has 0 radical (unpaired) electrons. The first-order valence-corrected chi connectivity index (χ1v) is 15.6. The summed E-state index contributed by atoms with van der Waals surface area (Å²) in [6.07, 6.45) is 5.37. The number of benzene rings is 2. The molecule has 38 heavy (non-hydrogen) atoms. The minimum atomic E-state index is -3.63. The third-order valence-electron chi connectivity index (χ3n) is 6.85. The number of hydrogen-bond donors (Lipinski definition) is 1. The number of rotatable bonds is 11. The van der Waals surface area contributed by atoms with Crippen molar-refractivity contribution in [2.75, 3.05) is 17.1 Å². The van der Waals surface area contributed by atoms with Crippen LogP contribution in [-0.2, 0) is 26.2 Å². The van der Waals surface area contributed by atoms with Crippen LogP contribution in [0.2, 0.25) is 15.1 Å². The summed E-state index contributed by atoms with van der Waals surface area (Å²) in [7, 11) is -3.63. The Morgan fingerprint density at radius 2 is 1.71 bits per heavy atom. The summed E-state index contributed by atoms with van der Waals surface area (Å²) in [6, 6.07) is 9.47. The van der Waals surface area contributed by atoms with Gasteiger partial charge in [0.25, 0.3) is 0 Å². The van der Waals surface area contributed by atoms with Crippen molar-refractivity contribution in [1.82, 2.24) is 10.2 Å². The smallest absolute Gasteiger partial charge is 0.242 e. The van der Waals surface area contributed by atoms with Crippen molar-refractivity contribution in [2.24, 2.45) is 0 Å². The Hall–Kier alpha value is -2.00. The highest BCUT2D eigenvalue weighted by molar-refractivity contribution is 7.92. The molecule has 0 aliphatic heterocycles. The molecule has 2 aromatic rings. The van der Waals surface area contributed by atoms with Crippen molar-refractivity contribution >= 4 is 62.3 Å². The van der Waals surface area contributed by atoms with Crippen molar-refractivity contribution in [3.63, 3.8) is 0 Å². The summed E-state index contributed by atoms with van der Waals surface area (Å²) in [5, 5.41) is 4.28. The highest BCUT2D eigenvalue weighted by Gasteiger charge is 2.30. The lowest BCUT2D eigenvalue weighted by molar-refractivity contribution is -0.140. The Balaban J connectivity index is 1.78. The van der Waals surface area contributed by atoms with Gasteiger partial charge < -0.3 is 10.2 Å². The van der Waals surface area contributed by atoms with Gasteiger partial charge in [-0.25, -0.2) is 8.42 Å². The molecule has 0 bridgehead atoms. The first-order chi connectivity index (χ1) is 17.9. The SMILES string of the molecule is Cc1ccc(Cl)cc1N(CCCC(=O)N(Cc1c(Cl)cccc1Cl)C(C)C(=O)NC1CCCC1)S(C)(=O)=O. The number of nitrogens with one attached hydrogen (secondary N) is 1. The number of sulfonamides is 1. The lowest BCUT2D eigenvalue weighted by Crippen LogP contribution is -2.49. The minimum absolute atomic E-state index is 0.0226. The predicted octanol–water partition coefficient (Wildman–Crippen LogP) is 5.98. The van der Waals surface area contributed by atoms with Gasteiger partial charge in [-0.15, -0.1) is 0 Å². The molecule has 3 rings (SSSR count). The Labute approximate surface area is 240 Å². The van der Waals surface area contributed by atoms with E-state index < -0.39 is 16.1 Å². The molecule has 1 aliphatic rings. The Bertz CT molecular complexity index is 1250. The van der Waals surface area contributed by atoms with Crippen LogP contribution in [0.15, 0.2) is 36.4 Å². The zero-order valence-corrected chi connectivity index (χ0v) is 24.9. The van der Waals surface area contributed by atoms with Crippen LogP contribution >= 0.6 is 34.8 Å². The fourth-order valence-electron chi connectivity index (χ4n) is 4.66. The number of carbonyl (C=O) groups excluding carboxylic acids is 2. The largest absolute Gasteiger partial charge is 0.352 e. The average molecular weight is 603 g/mol. The molecule has 208 valence electrons. The van der Waals surface area contributed by atoms with Crippen LogP contribution in [0.5, 0.6) is 0 Å². The van der Waals surface area contributed by atoms with E-state index in [0.29, 0.717) is 26.3 Å². The van der Waals surface area contributed by atoms with Gasteiger partial charge >= 0.3 is 0 Å². The van der Waals surface area contributed by atoms with Crippen molar-refractivity contribution in [3.05, 3.63) is 62.6 Å². The average Bonchev–Trinajstić information content (AvgIpc) is 3.35. The molecule has 7 nitrogen and oxygen atoms in total. The molecule has 0 saturated heterocycles. The third kappa shape index (κ3) is 8.01. The van der Waals surface area contributed by atoms with Gasteiger partial charge in [-0.05, 0) is 62.9 Å². The summed E-state index contributed by atoms with van der Waals surface area (Å²) in [6.45, 7) is 3.62. The second kappa shape index (κ2) is 13.4. The molecule has 1 saturated carbocycles. The summed E-state index contributed by atoms with van der Waals surface area (Å²) < 4.78 is 26.4. The summed E-state index contributed by atoms with van der Waals surface area (Å²) in [5.41, 5.74) is 1.77. The van der Waals surface area contributed by atoms with Gasteiger partial charge in [-0.2, -0.15) is 0 Å². The third-order valence-corrected chi connectivity index (χ3v) is 8.97. The number of carbonyl (C=O) groups is 2. The minimum Gasteiger partial charge on any atom is -0.352 e. The first kappa shape index (κ1) is 30.5. The predicted molar refractivity (Wildman–Crippen MR) is 154 cm³/mol. The highest BCUT2D eigenvalue weighted by Crippen LogP contribution is 2.29. The van der Waals surface area contributed by atoms with E-state index >= 15 is 0 Å². The lowest BCUT2D eigenvalue weighted by atomic mass is 10.1. The number of anilines is 1. The van der Waals surface area contributed by atoms with Crippen LogP contribution in [0.25, 0.3) is 0 Å². The van der Waals surface area contributed by atoms with Gasteiger partial charge in [0.2, 0.25) is 21.8 Å². The molecule has 1 unspecified atom stereocenters. The van der Waals surface area contributed by atoms with E-state index in [2.05, 4.69) is 5.32 Å². The second-order valence-electron chi connectivity index (χ2n) is 9.76. The maximum atomic E-state index is 13.5. The fourth-order valence-corrected chi connectivity index (χ4v) is 6.36. The van der Waals surface area contributed by atoms with Gasteiger partial charge in [0.15, 0.2) is 0 Å². The Morgan fingerprint density at radius 3 is 2.32 bits per heavy atom. The molecule has 0 spiro atoms. The van der Waals surface area contributed by atoms with E-state index in [0.717, 1.165) is 37.5 Å². The van der Waals surface area contributed by atoms with Gasteiger partial charge in [0.05, 0.1) is 11.9 Å². The van der Waals surface area contributed by atoms with Crippen molar-refractivity contribution in [3.8, 4) is 0 Å². The van der Waals surface area contributed by atoms with Crippen molar-refractivity contribution in [1.29, 1.82) is 0 Å². The van der Waals surface area contributed by atoms with E-state index in [-0.39, 0.29) is 43.8 Å². The standard InChI is InChI=1S/C27H34Cl3N3O4S/c1-18-13-14-20(28)16-25(18)33(38(3,36)37)15-7-12-26(34)32(17-22-23(29)10-6-11-24(22)30)19(2)27(35)31-21-8-4-5-9-21/h6,10-11,13-14,16,19,21H,4-5,7-9,12,15,17H2,1-3H3,(H,31,35). The number of nitrogens with zero attached hydrogens (tertiary/aromatic N) is 2. The molecule has 0 heterocycles. The molecular formula is C27H34Cl3N3O4S. The van der Waals surface area contributed by atoms with Gasteiger partial charge in [-0.1, -0.05) is 59.8 Å². The zero-order valence-electron chi connectivity index (χ0n) is 21.8.